The van der Waals surface area contributed by atoms with Gasteiger partial charge in [0, 0.05) is 36.8 Å². The average Bonchev–Trinajstić information content (AvgIpc) is 3.01. The Morgan fingerprint density at radius 3 is 2.54 bits per heavy atom. The molecule has 0 saturated heterocycles. The summed E-state index contributed by atoms with van der Waals surface area (Å²) in [5.41, 5.74) is 3.41. The molecule has 0 unspecified atom stereocenters. The number of anilines is 1. The highest BCUT2D eigenvalue weighted by molar-refractivity contribution is 5.92. The van der Waals surface area contributed by atoms with Gasteiger partial charge in [-0.3, -0.25) is 14.5 Å². The summed E-state index contributed by atoms with van der Waals surface area (Å²) in [6, 6.07) is 22.7. The monoisotopic (exact) mass is 559 g/mol. The van der Waals surface area contributed by atoms with Gasteiger partial charge >= 0.3 is 0 Å². The second-order valence-electron chi connectivity index (χ2n) is 11.0. The van der Waals surface area contributed by atoms with Crippen LogP contribution in [0.2, 0.25) is 0 Å². The van der Waals surface area contributed by atoms with E-state index in [0.29, 0.717) is 30.1 Å². The van der Waals surface area contributed by atoms with Crippen molar-refractivity contribution in [2.75, 3.05) is 39.2 Å². The summed E-state index contributed by atoms with van der Waals surface area (Å²) in [6.07, 6.45) is 0.160. The van der Waals surface area contributed by atoms with Crippen molar-refractivity contribution in [3.8, 4) is 11.5 Å². The lowest BCUT2D eigenvalue weighted by Crippen LogP contribution is -2.47. The van der Waals surface area contributed by atoms with Gasteiger partial charge < -0.3 is 24.8 Å². The number of nitrogens with one attached hydrogen (secondary N) is 1. The number of fused-ring (bicyclic) bond motifs is 1. The molecule has 0 aliphatic carbocycles. The molecule has 0 bridgehead atoms. The Morgan fingerprint density at radius 1 is 1.12 bits per heavy atom. The molecule has 41 heavy (non-hydrogen) atoms. The second-order valence-corrected chi connectivity index (χ2v) is 11.0. The highest BCUT2D eigenvalue weighted by atomic mass is 16.5. The van der Waals surface area contributed by atoms with Crippen molar-refractivity contribution in [1.29, 1.82) is 0 Å². The molecular weight excluding hydrogens is 518 g/mol. The predicted octanol–water partition coefficient (Wildman–Crippen LogP) is 4.16. The lowest BCUT2D eigenvalue weighted by atomic mass is 10.0. The Labute approximate surface area is 242 Å². The second kappa shape index (κ2) is 14.1. The highest BCUT2D eigenvalue weighted by Crippen LogP contribution is 2.29. The zero-order valence-electron chi connectivity index (χ0n) is 24.4. The minimum Gasteiger partial charge on any atom is -0.497 e. The van der Waals surface area contributed by atoms with Crippen LogP contribution in [0, 0.1) is 5.92 Å². The van der Waals surface area contributed by atoms with Crippen molar-refractivity contribution in [3.63, 3.8) is 0 Å². The maximum Gasteiger partial charge on any atom is 0.228 e. The molecule has 3 aromatic carbocycles. The molecule has 8 heteroatoms. The van der Waals surface area contributed by atoms with Crippen LogP contribution in [0.15, 0.2) is 72.8 Å². The van der Waals surface area contributed by atoms with Crippen molar-refractivity contribution in [2.45, 2.75) is 45.4 Å². The summed E-state index contributed by atoms with van der Waals surface area (Å²) < 4.78 is 11.9. The molecule has 8 nitrogen and oxygen atoms in total. The number of hydrogen-bond donors (Lipinski definition) is 2. The summed E-state index contributed by atoms with van der Waals surface area (Å²) in [5.74, 6) is 1.24. The molecule has 1 aliphatic heterocycles. The normalized spacial score (nSPS) is 18.0. The molecule has 2 amide bonds. The predicted molar refractivity (Wildman–Crippen MR) is 160 cm³/mol. The van der Waals surface area contributed by atoms with Gasteiger partial charge in [-0.15, -0.1) is 0 Å². The minimum atomic E-state index is -0.321. The maximum absolute atomic E-state index is 13.5. The lowest BCUT2D eigenvalue weighted by molar-refractivity contribution is -0.134. The Hall–Kier alpha value is -3.88. The molecule has 2 N–H and O–H groups in total. The first-order valence-corrected chi connectivity index (χ1v) is 14.1. The van der Waals surface area contributed by atoms with Gasteiger partial charge in [0.1, 0.15) is 17.6 Å². The van der Waals surface area contributed by atoms with Crippen LogP contribution in [0.3, 0.4) is 0 Å². The van der Waals surface area contributed by atoms with Gasteiger partial charge in [-0.05, 0) is 55.4 Å². The molecule has 0 spiro atoms. The van der Waals surface area contributed by atoms with Gasteiger partial charge in [-0.2, -0.15) is 0 Å². The Bertz CT molecular complexity index is 1300. The van der Waals surface area contributed by atoms with Gasteiger partial charge in [-0.1, -0.05) is 49.4 Å². The van der Waals surface area contributed by atoms with Crippen molar-refractivity contribution < 1.29 is 24.2 Å². The molecule has 1 heterocycles. The summed E-state index contributed by atoms with van der Waals surface area (Å²) in [5, 5.41) is 12.9. The van der Waals surface area contributed by atoms with Gasteiger partial charge in [0.05, 0.1) is 32.6 Å². The summed E-state index contributed by atoms with van der Waals surface area (Å²) in [6.45, 7) is 5.65. The Balaban J connectivity index is 1.55. The first-order chi connectivity index (χ1) is 19.7. The number of likely N-dealkylation sites (N-methyl/N-ethyl adjacent to an activating group) is 1. The van der Waals surface area contributed by atoms with Crippen molar-refractivity contribution >= 4 is 17.5 Å². The number of ether oxygens (including phenoxy) is 2. The number of carbonyl (C=O) groups is 2. The molecule has 1 aliphatic rings. The van der Waals surface area contributed by atoms with E-state index in [0.717, 1.165) is 23.4 Å². The van der Waals surface area contributed by atoms with Crippen molar-refractivity contribution in [2.24, 2.45) is 5.92 Å². The molecular formula is C33H41N3O5. The fraction of sp³-hybridized carbons (Fsp3) is 0.394. The maximum atomic E-state index is 13.5. The molecule has 4 rings (SSSR count). The number of hydrogen-bond acceptors (Lipinski definition) is 6. The van der Waals surface area contributed by atoms with E-state index in [2.05, 4.69) is 36.3 Å². The molecule has 0 aromatic heterocycles. The van der Waals surface area contributed by atoms with E-state index in [1.165, 1.54) is 0 Å². The van der Waals surface area contributed by atoms with Crippen molar-refractivity contribution in [3.05, 3.63) is 89.5 Å². The molecule has 0 radical (unpaired) electrons. The van der Waals surface area contributed by atoms with E-state index >= 15 is 0 Å². The first kappa shape index (κ1) is 30.1. The summed E-state index contributed by atoms with van der Waals surface area (Å²) in [4.78, 5) is 30.2. The standard InChI is InChI=1S/C33H41N3O5/c1-23-19-36(24(2)22-37)33(39)18-27-17-28(34-32(38)16-25-8-6-5-7-9-25)12-15-30(27)41-31(23)21-35(3)20-26-10-13-29(40-4)14-11-26/h5-15,17,23-24,31,37H,16,18-22H2,1-4H3,(H,34,38)/t23-,24-,31+/m0/s1. The van der Waals surface area contributed by atoms with Crippen molar-refractivity contribution in [1.82, 2.24) is 9.80 Å². The summed E-state index contributed by atoms with van der Waals surface area (Å²) in [7, 11) is 3.71. The van der Waals surface area contributed by atoms with Crippen LogP contribution in [-0.2, 0) is 29.0 Å². The minimum absolute atomic E-state index is 0.00229. The number of nitrogens with zero attached hydrogens (tertiary/aromatic N) is 2. The number of methoxy groups -OCH3 is 1. The topological polar surface area (TPSA) is 91.3 Å². The van der Waals surface area contributed by atoms with Crippen LogP contribution in [0.1, 0.15) is 30.5 Å². The first-order valence-electron chi connectivity index (χ1n) is 14.1. The number of amides is 2. The number of rotatable bonds is 10. The number of benzene rings is 3. The zero-order chi connectivity index (χ0) is 29.4. The Morgan fingerprint density at radius 2 is 1.85 bits per heavy atom. The Kier molecular flexibility index (Phi) is 10.4. The third-order valence-corrected chi connectivity index (χ3v) is 7.51. The average molecular weight is 560 g/mol. The van der Waals surface area contributed by atoms with E-state index in [1.807, 2.05) is 67.6 Å². The SMILES string of the molecule is COc1ccc(CN(C)C[C@H]2Oc3ccc(NC(=O)Cc4ccccc4)cc3CC(=O)N([C@@H](C)CO)C[C@@H]2C)cc1. The largest absolute Gasteiger partial charge is 0.497 e. The number of carbonyl (C=O) groups excluding carboxylic acids is 2. The van der Waals surface area contributed by atoms with Crippen LogP contribution < -0.4 is 14.8 Å². The van der Waals surface area contributed by atoms with Crippen LogP contribution in [-0.4, -0.2) is 72.7 Å². The fourth-order valence-corrected chi connectivity index (χ4v) is 5.13. The molecule has 0 saturated carbocycles. The molecule has 3 aromatic rings. The van der Waals surface area contributed by atoms with E-state index in [-0.39, 0.29) is 49.3 Å². The van der Waals surface area contributed by atoms with Gasteiger partial charge in [0.15, 0.2) is 0 Å². The number of aliphatic hydroxyl groups is 1. The van der Waals surface area contributed by atoms with E-state index in [4.69, 9.17) is 9.47 Å². The smallest absolute Gasteiger partial charge is 0.228 e. The van der Waals surface area contributed by atoms with E-state index < -0.39 is 0 Å². The quantitative estimate of drug-likeness (QED) is 0.388. The van der Waals surface area contributed by atoms with Gasteiger partial charge in [0.25, 0.3) is 0 Å². The number of aliphatic hydroxyl groups excluding tert-OH is 1. The van der Waals surface area contributed by atoms with Gasteiger partial charge in [0.2, 0.25) is 11.8 Å². The third kappa shape index (κ3) is 8.31. The third-order valence-electron chi connectivity index (χ3n) is 7.51. The highest BCUT2D eigenvalue weighted by Gasteiger charge is 2.31. The van der Waals surface area contributed by atoms with Crippen LogP contribution in [0.25, 0.3) is 0 Å². The van der Waals surface area contributed by atoms with E-state index in [1.54, 1.807) is 12.0 Å². The van der Waals surface area contributed by atoms with Crippen LogP contribution in [0.4, 0.5) is 5.69 Å². The summed E-state index contributed by atoms with van der Waals surface area (Å²) >= 11 is 0. The molecule has 0 fully saturated rings. The fourth-order valence-electron chi connectivity index (χ4n) is 5.13. The molecule has 3 atom stereocenters. The zero-order valence-corrected chi connectivity index (χ0v) is 24.4. The van der Waals surface area contributed by atoms with Crippen LogP contribution >= 0.6 is 0 Å². The van der Waals surface area contributed by atoms with Gasteiger partial charge in [-0.25, -0.2) is 0 Å². The molecule has 218 valence electrons. The lowest BCUT2D eigenvalue weighted by Gasteiger charge is -2.34. The van der Waals surface area contributed by atoms with E-state index in [9.17, 15) is 14.7 Å². The van der Waals surface area contributed by atoms with Crippen LogP contribution in [0.5, 0.6) is 11.5 Å².